The minimum absolute atomic E-state index is 0.763. The van der Waals surface area contributed by atoms with E-state index in [9.17, 15) is 0 Å². The number of hydrogen-bond acceptors (Lipinski definition) is 4. The maximum Gasteiger partial charge on any atom is 0.137 e. The van der Waals surface area contributed by atoms with Gasteiger partial charge in [-0.25, -0.2) is 9.97 Å². The lowest BCUT2D eigenvalue weighted by Gasteiger charge is -2.12. The molecule has 4 aromatic carbocycles. The lowest BCUT2D eigenvalue weighted by Crippen LogP contribution is -2.00. The van der Waals surface area contributed by atoms with Gasteiger partial charge in [-0.1, -0.05) is 79.4 Å². The molecule has 0 atom stereocenters. The van der Waals surface area contributed by atoms with E-state index in [-0.39, 0.29) is 0 Å². The highest BCUT2D eigenvalue weighted by Gasteiger charge is 2.16. The number of fused-ring (bicyclic) bond motifs is 4. The molecule has 0 saturated heterocycles. The molecule has 0 amide bonds. The van der Waals surface area contributed by atoms with E-state index >= 15 is 0 Å². The van der Waals surface area contributed by atoms with Gasteiger partial charge in [-0.2, -0.15) is 0 Å². The van der Waals surface area contributed by atoms with Crippen LogP contribution in [0.2, 0.25) is 0 Å². The van der Waals surface area contributed by atoms with Crippen LogP contribution in [-0.2, 0) is 0 Å². The molecular weight excluding hydrogens is 550 g/mol. The summed E-state index contributed by atoms with van der Waals surface area (Å²) < 4.78 is 2.06. The van der Waals surface area contributed by atoms with Crippen LogP contribution in [0.4, 0.5) is 0 Å². The molecule has 8 aromatic rings. The molecule has 8 rings (SSSR count). The quantitative estimate of drug-likeness (QED) is 0.158. The van der Waals surface area contributed by atoms with Crippen LogP contribution in [0.25, 0.3) is 78.1 Å². The van der Waals surface area contributed by atoms with Gasteiger partial charge in [0.2, 0.25) is 0 Å². The van der Waals surface area contributed by atoms with Crippen LogP contribution in [0, 0.1) is 5.41 Å². The van der Waals surface area contributed by atoms with E-state index in [2.05, 4.69) is 88.9 Å². The Morgan fingerprint density at radius 1 is 0.600 bits per heavy atom. The molecule has 212 valence electrons. The first kappa shape index (κ1) is 26.4. The second kappa shape index (κ2) is 10.8. The molecule has 0 bridgehead atoms. The SMILES string of the molecule is C=Cc1c(C=N)c2ccccc2n1-c1ccc(-c2cc(-c3ccc4c(ccc5ccccc54)c3)nc(-c3ccccn3)c2)cn1. The van der Waals surface area contributed by atoms with Crippen molar-refractivity contribution in [3.8, 4) is 39.6 Å². The lowest BCUT2D eigenvalue weighted by atomic mass is 9.97. The maximum atomic E-state index is 8.04. The van der Waals surface area contributed by atoms with Crippen molar-refractivity contribution in [2.45, 2.75) is 0 Å². The Labute approximate surface area is 260 Å². The molecular formula is C40H27N5. The van der Waals surface area contributed by atoms with Crippen molar-refractivity contribution in [2.75, 3.05) is 0 Å². The summed E-state index contributed by atoms with van der Waals surface area (Å²) >= 11 is 0. The molecule has 5 nitrogen and oxygen atoms in total. The Bertz CT molecular complexity index is 2400. The molecule has 0 radical (unpaired) electrons. The average Bonchev–Trinajstić information content (AvgIpc) is 3.45. The lowest BCUT2D eigenvalue weighted by molar-refractivity contribution is 1.03. The smallest absolute Gasteiger partial charge is 0.137 e. The van der Waals surface area contributed by atoms with Crippen LogP contribution in [0.1, 0.15) is 11.3 Å². The van der Waals surface area contributed by atoms with Gasteiger partial charge in [0, 0.05) is 40.7 Å². The van der Waals surface area contributed by atoms with Crippen LogP contribution in [0.5, 0.6) is 0 Å². The second-order valence-corrected chi connectivity index (χ2v) is 11.0. The fourth-order valence-corrected chi connectivity index (χ4v) is 6.24. The summed E-state index contributed by atoms with van der Waals surface area (Å²) in [6.45, 7) is 4.03. The molecule has 0 aliphatic carbocycles. The zero-order valence-corrected chi connectivity index (χ0v) is 24.4. The third-order valence-corrected chi connectivity index (χ3v) is 8.39. The van der Waals surface area contributed by atoms with Gasteiger partial charge in [-0.15, -0.1) is 0 Å². The first-order valence-electron chi connectivity index (χ1n) is 14.8. The van der Waals surface area contributed by atoms with Crippen molar-refractivity contribution in [3.05, 3.63) is 152 Å². The van der Waals surface area contributed by atoms with Gasteiger partial charge in [-0.3, -0.25) is 9.55 Å². The Morgan fingerprint density at radius 3 is 2.16 bits per heavy atom. The van der Waals surface area contributed by atoms with Crippen molar-refractivity contribution >= 4 is 44.7 Å². The molecule has 0 saturated carbocycles. The molecule has 5 heteroatoms. The molecule has 0 aliphatic heterocycles. The van der Waals surface area contributed by atoms with Gasteiger partial charge in [0.1, 0.15) is 5.82 Å². The molecule has 0 aliphatic rings. The van der Waals surface area contributed by atoms with Crippen molar-refractivity contribution in [1.82, 2.24) is 19.5 Å². The predicted octanol–water partition coefficient (Wildman–Crippen LogP) is 9.76. The number of nitrogens with one attached hydrogen (secondary N) is 1. The maximum absolute atomic E-state index is 8.04. The van der Waals surface area contributed by atoms with E-state index in [4.69, 9.17) is 15.4 Å². The molecule has 0 unspecified atom stereocenters. The zero-order chi connectivity index (χ0) is 30.3. The molecule has 45 heavy (non-hydrogen) atoms. The van der Waals surface area contributed by atoms with E-state index in [1.54, 1.807) is 12.3 Å². The predicted molar refractivity (Wildman–Crippen MR) is 186 cm³/mol. The summed E-state index contributed by atoms with van der Waals surface area (Å²) in [5.41, 5.74) is 8.14. The minimum Gasteiger partial charge on any atom is -0.308 e. The van der Waals surface area contributed by atoms with Crippen LogP contribution >= 0.6 is 0 Å². The van der Waals surface area contributed by atoms with Crippen molar-refractivity contribution in [2.24, 2.45) is 0 Å². The number of hydrogen-bond donors (Lipinski definition) is 1. The summed E-state index contributed by atoms with van der Waals surface area (Å²) in [7, 11) is 0. The fourth-order valence-electron chi connectivity index (χ4n) is 6.24. The average molecular weight is 578 g/mol. The van der Waals surface area contributed by atoms with Crippen molar-refractivity contribution < 1.29 is 0 Å². The fraction of sp³-hybridized carbons (Fsp3) is 0. The summed E-state index contributed by atoms with van der Waals surface area (Å²) in [6, 6.07) is 41.6. The first-order valence-corrected chi connectivity index (χ1v) is 14.8. The number of para-hydroxylation sites is 1. The highest BCUT2D eigenvalue weighted by atomic mass is 15.1. The number of aromatic nitrogens is 4. The van der Waals surface area contributed by atoms with Crippen LogP contribution in [-0.4, -0.2) is 25.7 Å². The van der Waals surface area contributed by atoms with Crippen molar-refractivity contribution in [1.29, 1.82) is 5.41 Å². The summed E-state index contributed by atoms with van der Waals surface area (Å²) in [5, 5.41) is 13.9. The van der Waals surface area contributed by atoms with Crippen LogP contribution in [0.3, 0.4) is 0 Å². The molecule has 4 aromatic heterocycles. The topological polar surface area (TPSA) is 67.5 Å². The molecule has 0 fully saturated rings. The molecule has 1 N–H and O–H groups in total. The third kappa shape index (κ3) is 4.50. The van der Waals surface area contributed by atoms with Crippen LogP contribution in [0.15, 0.2) is 140 Å². The van der Waals surface area contributed by atoms with Gasteiger partial charge in [0.25, 0.3) is 0 Å². The van der Waals surface area contributed by atoms with Gasteiger partial charge in [0.15, 0.2) is 0 Å². The molecule has 4 heterocycles. The largest absolute Gasteiger partial charge is 0.308 e. The molecule has 0 spiro atoms. The summed E-state index contributed by atoms with van der Waals surface area (Å²) in [6.07, 6.45) is 6.87. The number of benzene rings is 4. The van der Waals surface area contributed by atoms with E-state index in [0.717, 1.165) is 61.8 Å². The first-order chi connectivity index (χ1) is 22.2. The van der Waals surface area contributed by atoms with Gasteiger partial charge < -0.3 is 5.41 Å². The van der Waals surface area contributed by atoms with Crippen molar-refractivity contribution in [3.63, 3.8) is 0 Å². The minimum atomic E-state index is 0.763. The van der Waals surface area contributed by atoms with E-state index < -0.39 is 0 Å². The highest BCUT2D eigenvalue weighted by Crippen LogP contribution is 2.34. The highest BCUT2D eigenvalue weighted by molar-refractivity contribution is 6.08. The Morgan fingerprint density at radius 2 is 1.36 bits per heavy atom. The van der Waals surface area contributed by atoms with E-state index in [0.29, 0.717) is 0 Å². The summed E-state index contributed by atoms with van der Waals surface area (Å²) in [5.74, 6) is 0.763. The van der Waals surface area contributed by atoms with E-state index in [1.165, 1.54) is 27.8 Å². The van der Waals surface area contributed by atoms with Gasteiger partial charge in [-0.05, 0) is 81.7 Å². The normalized spacial score (nSPS) is 11.3. The van der Waals surface area contributed by atoms with Gasteiger partial charge >= 0.3 is 0 Å². The number of nitrogens with zero attached hydrogens (tertiary/aromatic N) is 4. The Hall–Kier alpha value is -6.20. The van der Waals surface area contributed by atoms with E-state index in [1.807, 2.05) is 54.7 Å². The summed E-state index contributed by atoms with van der Waals surface area (Å²) in [4.78, 5) is 14.6. The third-order valence-electron chi connectivity index (χ3n) is 8.39. The second-order valence-electron chi connectivity index (χ2n) is 11.0. The monoisotopic (exact) mass is 577 g/mol. The Kier molecular flexibility index (Phi) is 6.35. The van der Waals surface area contributed by atoms with Gasteiger partial charge in [0.05, 0.1) is 28.3 Å². The van der Waals surface area contributed by atoms with Crippen LogP contribution < -0.4 is 0 Å². The number of pyridine rings is 3. The standard InChI is InChI=1S/C40H27N5/c1-2-38-34(24-41)33-11-5-6-13-39(33)45(38)40-19-17-29(25-43-40)30-22-36(44-37(23-30)35-12-7-8-20-42-35)28-16-18-32-27(21-28)15-14-26-9-3-4-10-31(26)32/h2-25,41H,1H2. The zero-order valence-electron chi connectivity index (χ0n) is 24.4. The Balaban J connectivity index is 1.26. The number of rotatable bonds is 6.